The van der Waals surface area contributed by atoms with E-state index in [9.17, 15) is 4.79 Å². The SMILES string of the molecule is CCC(C)(C)NC(=O)C1=CCCC1. The molecule has 0 aliphatic heterocycles. The lowest BCUT2D eigenvalue weighted by molar-refractivity contribution is -0.119. The summed E-state index contributed by atoms with van der Waals surface area (Å²) in [5.74, 6) is 0.129. The van der Waals surface area contributed by atoms with E-state index in [2.05, 4.69) is 32.2 Å². The second-order valence-electron chi connectivity index (χ2n) is 4.31. The number of rotatable bonds is 3. The molecular weight excluding hydrogens is 162 g/mol. The molecule has 1 amide bonds. The summed E-state index contributed by atoms with van der Waals surface area (Å²) in [7, 11) is 0. The van der Waals surface area contributed by atoms with Crippen LogP contribution >= 0.6 is 0 Å². The van der Waals surface area contributed by atoms with Crippen LogP contribution < -0.4 is 5.32 Å². The smallest absolute Gasteiger partial charge is 0.247 e. The maximum atomic E-state index is 11.6. The lowest BCUT2D eigenvalue weighted by Gasteiger charge is -2.24. The van der Waals surface area contributed by atoms with Gasteiger partial charge in [-0.2, -0.15) is 0 Å². The minimum Gasteiger partial charge on any atom is -0.347 e. The lowest BCUT2D eigenvalue weighted by Crippen LogP contribution is -2.43. The molecule has 2 nitrogen and oxygen atoms in total. The van der Waals surface area contributed by atoms with E-state index in [0.29, 0.717) is 0 Å². The van der Waals surface area contributed by atoms with Crippen molar-refractivity contribution in [2.45, 2.75) is 52.0 Å². The molecule has 2 heteroatoms. The van der Waals surface area contributed by atoms with E-state index in [-0.39, 0.29) is 11.4 Å². The molecule has 0 bridgehead atoms. The number of nitrogens with one attached hydrogen (secondary N) is 1. The van der Waals surface area contributed by atoms with Crippen molar-refractivity contribution >= 4 is 5.91 Å². The van der Waals surface area contributed by atoms with Crippen LogP contribution in [0.15, 0.2) is 11.6 Å². The highest BCUT2D eigenvalue weighted by Gasteiger charge is 2.21. The molecule has 1 N–H and O–H groups in total. The second kappa shape index (κ2) is 3.95. The molecule has 0 fully saturated rings. The van der Waals surface area contributed by atoms with Crippen molar-refractivity contribution in [2.24, 2.45) is 0 Å². The first-order valence-electron chi connectivity index (χ1n) is 5.07. The van der Waals surface area contributed by atoms with Crippen LogP contribution in [0, 0.1) is 0 Å². The highest BCUT2D eigenvalue weighted by Crippen LogP contribution is 2.19. The average Bonchev–Trinajstić information content (AvgIpc) is 2.55. The van der Waals surface area contributed by atoms with Crippen LogP contribution in [0.3, 0.4) is 0 Å². The van der Waals surface area contributed by atoms with Gasteiger partial charge in [-0.1, -0.05) is 13.0 Å². The second-order valence-corrected chi connectivity index (χ2v) is 4.31. The van der Waals surface area contributed by atoms with Crippen LogP contribution in [0.1, 0.15) is 46.5 Å². The fourth-order valence-electron chi connectivity index (χ4n) is 1.35. The monoisotopic (exact) mass is 181 g/mol. The summed E-state index contributed by atoms with van der Waals surface area (Å²) >= 11 is 0. The van der Waals surface area contributed by atoms with Crippen molar-refractivity contribution in [3.05, 3.63) is 11.6 Å². The van der Waals surface area contributed by atoms with Crippen molar-refractivity contribution in [1.29, 1.82) is 0 Å². The van der Waals surface area contributed by atoms with Gasteiger partial charge in [0.1, 0.15) is 0 Å². The third-order valence-corrected chi connectivity index (χ3v) is 2.67. The first-order valence-corrected chi connectivity index (χ1v) is 5.07. The van der Waals surface area contributed by atoms with Gasteiger partial charge in [-0.3, -0.25) is 4.79 Å². The highest BCUT2D eigenvalue weighted by molar-refractivity contribution is 5.94. The Bertz CT molecular complexity index is 228. The Morgan fingerprint density at radius 3 is 2.77 bits per heavy atom. The summed E-state index contributed by atoms with van der Waals surface area (Å²) in [4.78, 5) is 11.6. The van der Waals surface area contributed by atoms with Gasteiger partial charge in [0, 0.05) is 11.1 Å². The van der Waals surface area contributed by atoms with E-state index < -0.39 is 0 Å². The van der Waals surface area contributed by atoms with Gasteiger partial charge in [-0.05, 0) is 39.5 Å². The lowest BCUT2D eigenvalue weighted by atomic mass is 10.0. The van der Waals surface area contributed by atoms with Crippen LogP contribution in [-0.2, 0) is 4.79 Å². The number of hydrogen-bond donors (Lipinski definition) is 1. The van der Waals surface area contributed by atoms with Crippen molar-refractivity contribution in [2.75, 3.05) is 0 Å². The van der Waals surface area contributed by atoms with E-state index in [0.717, 1.165) is 31.3 Å². The molecule has 0 saturated carbocycles. The van der Waals surface area contributed by atoms with Crippen LogP contribution in [0.2, 0.25) is 0 Å². The Morgan fingerprint density at radius 2 is 2.31 bits per heavy atom. The molecule has 1 aliphatic rings. The molecule has 0 heterocycles. The molecule has 0 unspecified atom stereocenters. The van der Waals surface area contributed by atoms with Gasteiger partial charge in [0.15, 0.2) is 0 Å². The van der Waals surface area contributed by atoms with Gasteiger partial charge >= 0.3 is 0 Å². The van der Waals surface area contributed by atoms with Crippen LogP contribution in [0.4, 0.5) is 0 Å². The molecule has 0 radical (unpaired) electrons. The highest BCUT2D eigenvalue weighted by atomic mass is 16.1. The van der Waals surface area contributed by atoms with Crippen molar-refractivity contribution in [1.82, 2.24) is 5.32 Å². The zero-order valence-corrected chi connectivity index (χ0v) is 8.81. The van der Waals surface area contributed by atoms with Crippen molar-refractivity contribution in [3.8, 4) is 0 Å². The van der Waals surface area contributed by atoms with E-state index in [1.54, 1.807) is 0 Å². The van der Waals surface area contributed by atoms with E-state index in [1.807, 2.05) is 0 Å². The molecule has 0 saturated heterocycles. The topological polar surface area (TPSA) is 29.1 Å². The number of allylic oxidation sites excluding steroid dienone is 1. The van der Waals surface area contributed by atoms with Crippen molar-refractivity contribution in [3.63, 3.8) is 0 Å². The number of carbonyl (C=O) groups excluding carboxylic acids is 1. The largest absolute Gasteiger partial charge is 0.347 e. The number of hydrogen-bond acceptors (Lipinski definition) is 1. The zero-order valence-electron chi connectivity index (χ0n) is 8.81. The summed E-state index contributed by atoms with van der Waals surface area (Å²) in [6.45, 7) is 6.20. The molecule has 0 spiro atoms. The first-order chi connectivity index (χ1) is 6.05. The van der Waals surface area contributed by atoms with E-state index in [1.165, 1.54) is 0 Å². The van der Waals surface area contributed by atoms with Gasteiger partial charge < -0.3 is 5.32 Å². The molecule has 0 aromatic heterocycles. The molecule has 13 heavy (non-hydrogen) atoms. The maximum Gasteiger partial charge on any atom is 0.247 e. The standard InChI is InChI=1S/C11H19NO/c1-4-11(2,3)12-10(13)9-7-5-6-8-9/h7H,4-6,8H2,1-3H3,(H,12,13). The molecule has 0 aromatic rings. The van der Waals surface area contributed by atoms with Crippen molar-refractivity contribution < 1.29 is 4.79 Å². The summed E-state index contributed by atoms with van der Waals surface area (Å²) in [5, 5.41) is 3.04. The molecule has 1 aliphatic carbocycles. The van der Waals surface area contributed by atoms with Crippen LogP contribution in [-0.4, -0.2) is 11.4 Å². The fourth-order valence-corrected chi connectivity index (χ4v) is 1.35. The maximum absolute atomic E-state index is 11.6. The van der Waals surface area contributed by atoms with E-state index in [4.69, 9.17) is 0 Å². The summed E-state index contributed by atoms with van der Waals surface area (Å²) in [5.41, 5.74) is 0.905. The fraction of sp³-hybridized carbons (Fsp3) is 0.727. The molecule has 1 rings (SSSR count). The summed E-state index contributed by atoms with van der Waals surface area (Å²) in [6.07, 6.45) is 6.17. The minimum atomic E-state index is -0.0689. The summed E-state index contributed by atoms with van der Waals surface area (Å²) in [6, 6.07) is 0. The Kier molecular flexibility index (Phi) is 3.12. The predicted molar refractivity (Wildman–Crippen MR) is 54.4 cm³/mol. The van der Waals surface area contributed by atoms with Gasteiger partial charge in [0.2, 0.25) is 5.91 Å². The van der Waals surface area contributed by atoms with Crippen LogP contribution in [0.5, 0.6) is 0 Å². The quantitative estimate of drug-likeness (QED) is 0.711. The Labute approximate surface area is 80.4 Å². The Balaban J connectivity index is 2.50. The van der Waals surface area contributed by atoms with Gasteiger partial charge in [-0.15, -0.1) is 0 Å². The first kappa shape index (κ1) is 10.3. The molecule has 0 atom stereocenters. The average molecular weight is 181 g/mol. The predicted octanol–water partition coefficient (Wildman–Crippen LogP) is 2.40. The molecular formula is C11H19NO. The van der Waals surface area contributed by atoms with Crippen LogP contribution in [0.25, 0.3) is 0 Å². The number of carbonyl (C=O) groups is 1. The van der Waals surface area contributed by atoms with Gasteiger partial charge in [-0.25, -0.2) is 0 Å². The minimum absolute atomic E-state index is 0.0689. The third kappa shape index (κ3) is 2.87. The summed E-state index contributed by atoms with van der Waals surface area (Å²) < 4.78 is 0. The van der Waals surface area contributed by atoms with Gasteiger partial charge in [0.05, 0.1) is 0 Å². The van der Waals surface area contributed by atoms with E-state index >= 15 is 0 Å². The number of amides is 1. The Morgan fingerprint density at radius 1 is 1.62 bits per heavy atom. The zero-order chi connectivity index (χ0) is 9.90. The third-order valence-electron chi connectivity index (χ3n) is 2.67. The Hall–Kier alpha value is -0.790. The van der Waals surface area contributed by atoms with Gasteiger partial charge in [0.25, 0.3) is 0 Å². The molecule has 0 aromatic carbocycles. The molecule has 74 valence electrons. The normalized spacial score (nSPS) is 17.0.